The SMILES string of the molecule is CCC(CC)CN(C)C(C)c1cccc(N)c1. The third-order valence-electron chi connectivity index (χ3n) is 3.76. The highest BCUT2D eigenvalue weighted by molar-refractivity contribution is 5.41. The van der Waals surface area contributed by atoms with E-state index in [-0.39, 0.29) is 0 Å². The van der Waals surface area contributed by atoms with E-state index in [1.54, 1.807) is 0 Å². The Balaban J connectivity index is 2.66. The Hall–Kier alpha value is -1.02. The maximum Gasteiger partial charge on any atom is 0.0317 e. The molecule has 0 saturated carbocycles. The minimum atomic E-state index is 0.430. The topological polar surface area (TPSA) is 29.3 Å². The predicted molar refractivity (Wildman–Crippen MR) is 76.0 cm³/mol. The van der Waals surface area contributed by atoms with Gasteiger partial charge in [-0.15, -0.1) is 0 Å². The zero-order chi connectivity index (χ0) is 12.8. The lowest BCUT2D eigenvalue weighted by Crippen LogP contribution is -2.28. The molecule has 0 aliphatic rings. The van der Waals surface area contributed by atoms with E-state index in [9.17, 15) is 0 Å². The van der Waals surface area contributed by atoms with Crippen molar-refractivity contribution >= 4 is 5.69 Å². The number of nitrogen functional groups attached to an aromatic ring is 1. The van der Waals surface area contributed by atoms with E-state index in [1.165, 1.54) is 18.4 Å². The average Bonchev–Trinajstić information content (AvgIpc) is 2.34. The Morgan fingerprint density at radius 1 is 1.24 bits per heavy atom. The Morgan fingerprint density at radius 2 is 1.88 bits per heavy atom. The highest BCUT2D eigenvalue weighted by Crippen LogP contribution is 2.22. The molecule has 0 radical (unpaired) electrons. The van der Waals surface area contributed by atoms with Gasteiger partial charge in [0, 0.05) is 18.3 Å². The standard InChI is InChI=1S/C15H26N2/c1-5-13(6-2)11-17(4)12(3)14-8-7-9-15(16)10-14/h7-10,12-13H,5-6,11,16H2,1-4H3. The van der Waals surface area contributed by atoms with Gasteiger partial charge in [0.05, 0.1) is 0 Å². The molecule has 0 aromatic heterocycles. The number of nitrogens with two attached hydrogens (primary N) is 1. The van der Waals surface area contributed by atoms with Crippen LogP contribution in [0, 0.1) is 5.92 Å². The van der Waals surface area contributed by atoms with Gasteiger partial charge < -0.3 is 5.73 Å². The number of hydrogen-bond donors (Lipinski definition) is 1. The van der Waals surface area contributed by atoms with Crippen molar-refractivity contribution in [1.82, 2.24) is 4.90 Å². The number of rotatable bonds is 6. The molecule has 0 fully saturated rings. The predicted octanol–water partition coefficient (Wildman–Crippen LogP) is 3.70. The number of benzene rings is 1. The lowest BCUT2D eigenvalue weighted by Gasteiger charge is -2.28. The largest absolute Gasteiger partial charge is 0.399 e. The fraction of sp³-hybridized carbons (Fsp3) is 0.600. The lowest BCUT2D eigenvalue weighted by molar-refractivity contribution is 0.213. The first kappa shape index (κ1) is 14.0. The monoisotopic (exact) mass is 234 g/mol. The molecular formula is C15H26N2. The third-order valence-corrected chi connectivity index (χ3v) is 3.76. The first-order chi connectivity index (χ1) is 8.08. The van der Waals surface area contributed by atoms with E-state index in [0.717, 1.165) is 18.2 Å². The summed E-state index contributed by atoms with van der Waals surface area (Å²) in [7, 11) is 2.20. The molecule has 1 unspecified atom stereocenters. The molecule has 0 amide bonds. The summed E-state index contributed by atoms with van der Waals surface area (Å²) >= 11 is 0. The van der Waals surface area contributed by atoms with Gasteiger partial charge in [-0.3, -0.25) is 4.90 Å². The van der Waals surface area contributed by atoms with Crippen LogP contribution >= 0.6 is 0 Å². The van der Waals surface area contributed by atoms with E-state index < -0.39 is 0 Å². The molecule has 0 aliphatic carbocycles. The normalized spacial score (nSPS) is 13.3. The van der Waals surface area contributed by atoms with Crippen molar-refractivity contribution in [3.05, 3.63) is 29.8 Å². The van der Waals surface area contributed by atoms with Crippen LogP contribution < -0.4 is 5.73 Å². The quantitative estimate of drug-likeness (QED) is 0.760. The summed E-state index contributed by atoms with van der Waals surface area (Å²) in [6.45, 7) is 7.94. The van der Waals surface area contributed by atoms with E-state index in [2.05, 4.69) is 44.9 Å². The number of anilines is 1. The van der Waals surface area contributed by atoms with Crippen molar-refractivity contribution in [3.63, 3.8) is 0 Å². The van der Waals surface area contributed by atoms with Crippen LogP contribution in [0.4, 0.5) is 5.69 Å². The van der Waals surface area contributed by atoms with Gasteiger partial charge in [-0.1, -0.05) is 38.8 Å². The molecule has 1 aromatic carbocycles. The fourth-order valence-electron chi connectivity index (χ4n) is 2.19. The van der Waals surface area contributed by atoms with Crippen LogP contribution in [-0.2, 0) is 0 Å². The van der Waals surface area contributed by atoms with Gasteiger partial charge in [0.2, 0.25) is 0 Å². The van der Waals surface area contributed by atoms with Crippen LogP contribution in [0.15, 0.2) is 24.3 Å². The minimum Gasteiger partial charge on any atom is -0.399 e. The van der Waals surface area contributed by atoms with Crippen molar-refractivity contribution in [3.8, 4) is 0 Å². The summed E-state index contributed by atoms with van der Waals surface area (Å²) in [5.41, 5.74) is 7.99. The van der Waals surface area contributed by atoms with Crippen molar-refractivity contribution < 1.29 is 0 Å². The molecule has 0 spiro atoms. The second-order valence-electron chi connectivity index (χ2n) is 4.97. The fourth-order valence-corrected chi connectivity index (χ4v) is 2.19. The van der Waals surface area contributed by atoms with E-state index in [4.69, 9.17) is 5.73 Å². The van der Waals surface area contributed by atoms with Crippen LogP contribution in [0.5, 0.6) is 0 Å². The van der Waals surface area contributed by atoms with E-state index in [1.807, 2.05) is 12.1 Å². The van der Waals surface area contributed by atoms with Gasteiger partial charge in [-0.2, -0.15) is 0 Å². The summed E-state index contributed by atoms with van der Waals surface area (Å²) in [5, 5.41) is 0. The molecule has 0 heterocycles. The number of hydrogen-bond acceptors (Lipinski definition) is 2. The molecule has 1 aromatic rings. The summed E-state index contributed by atoms with van der Waals surface area (Å²) in [6.07, 6.45) is 2.51. The van der Waals surface area contributed by atoms with Crippen molar-refractivity contribution in [1.29, 1.82) is 0 Å². The zero-order valence-electron chi connectivity index (χ0n) is 11.6. The second-order valence-corrected chi connectivity index (χ2v) is 4.97. The molecule has 96 valence electrons. The Labute approximate surface area is 106 Å². The first-order valence-electron chi connectivity index (χ1n) is 6.64. The maximum atomic E-state index is 5.83. The molecule has 0 saturated heterocycles. The van der Waals surface area contributed by atoms with Crippen LogP contribution in [-0.4, -0.2) is 18.5 Å². The third kappa shape index (κ3) is 4.04. The highest BCUT2D eigenvalue weighted by Gasteiger charge is 2.14. The molecule has 0 aliphatic heterocycles. The van der Waals surface area contributed by atoms with E-state index >= 15 is 0 Å². The summed E-state index contributed by atoms with van der Waals surface area (Å²) in [6, 6.07) is 8.64. The van der Waals surface area contributed by atoms with Crippen molar-refractivity contribution in [2.45, 2.75) is 39.7 Å². The molecule has 2 nitrogen and oxygen atoms in total. The van der Waals surface area contributed by atoms with Crippen LogP contribution in [0.25, 0.3) is 0 Å². The van der Waals surface area contributed by atoms with Crippen LogP contribution in [0.2, 0.25) is 0 Å². The molecule has 17 heavy (non-hydrogen) atoms. The Morgan fingerprint density at radius 3 is 2.41 bits per heavy atom. The molecule has 1 atom stereocenters. The molecule has 1 rings (SSSR count). The van der Waals surface area contributed by atoms with Gasteiger partial charge in [-0.05, 0) is 37.6 Å². The van der Waals surface area contributed by atoms with Gasteiger partial charge >= 0.3 is 0 Å². The van der Waals surface area contributed by atoms with Gasteiger partial charge in [0.25, 0.3) is 0 Å². The smallest absolute Gasteiger partial charge is 0.0317 e. The number of nitrogens with zero attached hydrogens (tertiary/aromatic N) is 1. The average molecular weight is 234 g/mol. The Bertz CT molecular complexity index is 331. The van der Waals surface area contributed by atoms with E-state index in [0.29, 0.717) is 6.04 Å². The summed E-state index contributed by atoms with van der Waals surface area (Å²) in [5.74, 6) is 0.795. The van der Waals surface area contributed by atoms with Gasteiger partial charge in [-0.25, -0.2) is 0 Å². The molecular weight excluding hydrogens is 208 g/mol. The van der Waals surface area contributed by atoms with Crippen molar-refractivity contribution in [2.24, 2.45) is 5.92 Å². The lowest BCUT2D eigenvalue weighted by atomic mass is 10.0. The molecule has 0 bridgehead atoms. The zero-order valence-corrected chi connectivity index (χ0v) is 11.6. The summed E-state index contributed by atoms with van der Waals surface area (Å²) < 4.78 is 0. The second kappa shape index (κ2) is 6.65. The minimum absolute atomic E-state index is 0.430. The van der Waals surface area contributed by atoms with Crippen molar-refractivity contribution in [2.75, 3.05) is 19.3 Å². The Kier molecular flexibility index (Phi) is 5.49. The summed E-state index contributed by atoms with van der Waals surface area (Å²) in [4.78, 5) is 2.42. The van der Waals surface area contributed by atoms with Crippen LogP contribution in [0.3, 0.4) is 0 Å². The molecule has 2 heteroatoms. The van der Waals surface area contributed by atoms with Crippen LogP contribution in [0.1, 0.15) is 45.2 Å². The molecule has 2 N–H and O–H groups in total. The highest BCUT2D eigenvalue weighted by atomic mass is 15.1. The van der Waals surface area contributed by atoms with Gasteiger partial charge in [0.15, 0.2) is 0 Å². The van der Waals surface area contributed by atoms with Gasteiger partial charge in [0.1, 0.15) is 0 Å². The first-order valence-corrected chi connectivity index (χ1v) is 6.64. The maximum absolute atomic E-state index is 5.83.